The molecule has 1 fully saturated rings. The Balaban J connectivity index is 2.17. The summed E-state index contributed by atoms with van der Waals surface area (Å²) >= 11 is 0. The van der Waals surface area contributed by atoms with E-state index in [1.165, 1.54) is 4.40 Å². The van der Waals surface area contributed by atoms with Crippen molar-refractivity contribution in [1.82, 2.24) is 9.38 Å². The van der Waals surface area contributed by atoms with E-state index in [1.807, 2.05) is 6.92 Å². The number of halogens is 2. The molecule has 1 saturated heterocycles. The van der Waals surface area contributed by atoms with Crippen LogP contribution in [-0.4, -0.2) is 22.5 Å². The van der Waals surface area contributed by atoms with Crippen molar-refractivity contribution in [3.05, 3.63) is 51.9 Å². The molecule has 0 N–H and O–H groups in total. The van der Waals surface area contributed by atoms with Gasteiger partial charge in [-0.15, -0.1) is 0 Å². The van der Waals surface area contributed by atoms with Crippen LogP contribution in [0, 0.1) is 18.6 Å². The van der Waals surface area contributed by atoms with Crippen LogP contribution in [0.3, 0.4) is 0 Å². The SMILES string of the molecule is Cc1ccc2nc(=O)c3cc(F)c(N4CCCC4)c(F)c3n2c1. The van der Waals surface area contributed by atoms with Gasteiger partial charge in [-0.1, -0.05) is 6.07 Å². The molecule has 1 aliphatic rings. The zero-order valence-electron chi connectivity index (χ0n) is 12.6. The number of hydrogen-bond acceptors (Lipinski definition) is 3. The molecule has 23 heavy (non-hydrogen) atoms. The standard InChI is InChI=1S/C17H15F2N3O/c1-10-4-5-13-20-17(23)11-8-12(18)16(21-6-2-3-7-21)14(19)15(11)22(13)9-10/h4-5,8-9H,2-3,6-7H2,1H3. The Kier molecular flexibility index (Phi) is 3.07. The molecule has 3 heterocycles. The first kappa shape index (κ1) is 14.1. The highest BCUT2D eigenvalue weighted by molar-refractivity contribution is 5.85. The Morgan fingerprint density at radius 3 is 2.65 bits per heavy atom. The van der Waals surface area contributed by atoms with Gasteiger partial charge in [0.1, 0.15) is 17.2 Å². The third-order valence-corrected chi connectivity index (χ3v) is 4.35. The van der Waals surface area contributed by atoms with Crippen molar-refractivity contribution in [3.8, 4) is 0 Å². The lowest BCUT2D eigenvalue weighted by atomic mass is 10.1. The first-order valence-corrected chi connectivity index (χ1v) is 7.62. The van der Waals surface area contributed by atoms with Crippen molar-refractivity contribution >= 4 is 22.2 Å². The maximum absolute atomic E-state index is 15.2. The van der Waals surface area contributed by atoms with Crippen molar-refractivity contribution in [2.45, 2.75) is 19.8 Å². The summed E-state index contributed by atoms with van der Waals surface area (Å²) in [6.07, 6.45) is 3.53. The number of hydrogen-bond donors (Lipinski definition) is 0. The third-order valence-electron chi connectivity index (χ3n) is 4.35. The summed E-state index contributed by atoms with van der Waals surface area (Å²) in [5.41, 5.74) is 0.680. The zero-order valence-corrected chi connectivity index (χ0v) is 12.6. The minimum absolute atomic E-state index is 0.0361. The highest BCUT2D eigenvalue weighted by Gasteiger charge is 2.24. The fourth-order valence-electron chi connectivity index (χ4n) is 3.26. The highest BCUT2D eigenvalue weighted by Crippen LogP contribution is 2.31. The van der Waals surface area contributed by atoms with Crippen molar-refractivity contribution in [2.75, 3.05) is 18.0 Å². The normalized spacial score (nSPS) is 15.0. The Labute approximate surface area is 131 Å². The Morgan fingerprint density at radius 1 is 1.17 bits per heavy atom. The topological polar surface area (TPSA) is 37.6 Å². The van der Waals surface area contributed by atoms with Crippen LogP contribution >= 0.6 is 0 Å². The van der Waals surface area contributed by atoms with Crippen molar-refractivity contribution < 1.29 is 8.78 Å². The maximum Gasteiger partial charge on any atom is 0.281 e. The average Bonchev–Trinajstić information content (AvgIpc) is 3.02. The molecule has 0 atom stereocenters. The van der Waals surface area contributed by atoms with E-state index in [9.17, 15) is 9.18 Å². The molecule has 4 nitrogen and oxygen atoms in total. The molecule has 0 saturated carbocycles. The molecule has 4 rings (SSSR count). The fourth-order valence-corrected chi connectivity index (χ4v) is 3.26. The van der Waals surface area contributed by atoms with Gasteiger partial charge >= 0.3 is 0 Å². The molecular weight excluding hydrogens is 300 g/mol. The van der Waals surface area contributed by atoms with Crippen LogP contribution in [0.5, 0.6) is 0 Å². The Hall–Kier alpha value is -2.50. The molecule has 1 aromatic carbocycles. The Bertz CT molecular complexity index is 991. The van der Waals surface area contributed by atoms with E-state index >= 15 is 4.39 Å². The van der Waals surface area contributed by atoms with Crippen LogP contribution in [0.4, 0.5) is 14.5 Å². The number of fused-ring (bicyclic) bond motifs is 3. The number of benzene rings is 1. The second-order valence-corrected chi connectivity index (χ2v) is 5.96. The molecular formula is C17H15F2N3O. The van der Waals surface area contributed by atoms with E-state index in [1.54, 1.807) is 23.2 Å². The molecule has 2 aromatic heterocycles. The lowest BCUT2D eigenvalue weighted by Crippen LogP contribution is -2.22. The van der Waals surface area contributed by atoms with Crippen LogP contribution in [0.2, 0.25) is 0 Å². The quantitative estimate of drug-likeness (QED) is 0.648. The molecule has 0 aliphatic carbocycles. The van der Waals surface area contributed by atoms with Crippen LogP contribution in [-0.2, 0) is 0 Å². The summed E-state index contributed by atoms with van der Waals surface area (Å²) in [5.74, 6) is -1.40. The van der Waals surface area contributed by atoms with Gasteiger partial charge in [0.2, 0.25) is 0 Å². The van der Waals surface area contributed by atoms with E-state index in [0.29, 0.717) is 18.7 Å². The van der Waals surface area contributed by atoms with Crippen molar-refractivity contribution in [3.63, 3.8) is 0 Å². The van der Waals surface area contributed by atoms with Crippen LogP contribution in [0.25, 0.3) is 16.6 Å². The van der Waals surface area contributed by atoms with Crippen molar-refractivity contribution in [1.29, 1.82) is 0 Å². The maximum atomic E-state index is 15.2. The minimum atomic E-state index is -0.705. The van der Waals surface area contributed by atoms with E-state index < -0.39 is 17.2 Å². The smallest absolute Gasteiger partial charge is 0.281 e. The van der Waals surface area contributed by atoms with Crippen LogP contribution in [0.15, 0.2) is 29.2 Å². The lowest BCUT2D eigenvalue weighted by molar-refractivity contribution is 0.583. The van der Waals surface area contributed by atoms with Crippen molar-refractivity contribution in [2.24, 2.45) is 0 Å². The summed E-state index contributed by atoms with van der Waals surface area (Å²) in [4.78, 5) is 17.8. The van der Waals surface area contributed by atoms with Crippen LogP contribution < -0.4 is 10.5 Å². The molecule has 0 bridgehead atoms. The first-order chi connectivity index (χ1) is 11.1. The monoisotopic (exact) mass is 315 g/mol. The van der Waals surface area contributed by atoms with Gasteiger partial charge in [-0.05, 0) is 37.5 Å². The molecule has 118 valence electrons. The van der Waals surface area contributed by atoms with Crippen LogP contribution in [0.1, 0.15) is 18.4 Å². The second kappa shape index (κ2) is 5.01. The summed E-state index contributed by atoms with van der Waals surface area (Å²) in [6, 6.07) is 4.57. The van der Waals surface area contributed by atoms with Gasteiger partial charge in [0, 0.05) is 19.3 Å². The van der Waals surface area contributed by atoms with Gasteiger partial charge in [0.25, 0.3) is 5.56 Å². The summed E-state index contributed by atoms with van der Waals surface area (Å²) in [5, 5.41) is -0.0361. The van der Waals surface area contributed by atoms with Gasteiger partial charge in [0.05, 0.1) is 10.9 Å². The summed E-state index contributed by atoms with van der Waals surface area (Å²) < 4.78 is 31.1. The number of rotatable bonds is 1. The van der Waals surface area contributed by atoms with Gasteiger partial charge in [-0.2, -0.15) is 4.98 Å². The third kappa shape index (κ3) is 2.09. The fraction of sp³-hybridized carbons (Fsp3) is 0.294. The van der Waals surface area contributed by atoms with E-state index in [-0.39, 0.29) is 16.6 Å². The van der Waals surface area contributed by atoms with E-state index in [4.69, 9.17) is 0 Å². The summed E-state index contributed by atoms with van der Waals surface area (Å²) in [7, 11) is 0. The number of anilines is 1. The van der Waals surface area contributed by atoms with Gasteiger partial charge < -0.3 is 4.90 Å². The molecule has 6 heteroatoms. The lowest BCUT2D eigenvalue weighted by Gasteiger charge is -2.20. The molecule has 0 unspecified atom stereocenters. The highest BCUT2D eigenvalue weighted by atomic mass is 19.1. The largest absolute Gasteiger partial charge is 0.367 e. The van der Waals surface area contributed by atoms with Gasteiger partial charge in [-0.3, -0.25) is 9.20 Å². The molecule has 1 aliphatic heterocycles. The number of pyridine rings is 1. The second-order valence-electron chi connectivity index (χ2n) is 5.96. The summed E-state index contributed by atoms with van der Waals surface area (Å²) in [6.45, 7) is 3.11. The minimum Gasteiger partial charge on any atom is -0.367 e. The number of aryl methyl sites for hydroxylation is 1. The first-order valence-electron chi connectivity index (χ1n) is 7.62. The predicted octanol–water partition coefficient (Wildman–Crippen LogP) is 3.03. The number of nitrogens with zero attached hydrogens (tertiary/aromatic N) is 3. The van der Waals surface area contributed by atoms with Gasteiger partial charge in [-0.25, -0.2) is 8.78 Å². The molecule has 0 amide bonds. The average molecular weight is 315 g/mol. The van der Waals surface area contributed by atoms with E-state index in [2.05, 4.69) is 4.98 Å². The predicted molar refractivity (Wildman–Crippen MR) is 85.1 cm³/mol. The number of aromatic nitrogens is 2. The van der Waals surface area contributed by atoms with Gasteiger partial charge in [0.15, 0.2) is 5.82 Å². The Morgan fingerprint density at radius 2 is 1.91 bits per heavy atom. The molecule has 0 radical (unpaired) electrons. The molecule has 0 spiro atoms. The molecule has 3 aromatic rings. The zero-order chi connectivity index (χ0) is 16.1. The van der Waals surface area contributed by atoms with E-state index in [0.717, 1.165) is 24.5 Å².